The molecular weight excluding hydrogens is 244 g/mol. The molecule has 0 aliphatic carbocycles. The van der Waals surface area contributed by atoms with Crippen molar-refractivity contribution in [2.75, 3.05) is 7.05 Å². The second-order valence-corrected chi connectivity index (χ2v) is 4.72. The Labute approximate surface area is 113 Å². The number of amides is 1. The monoisotopic (exact) mass is 264 g/mol. The molecule has 5 heteroatoms. The van der Waals surface area contributed by atoms with Crippen LogP contribution in [0, 0.1) is 5.92 Å². The number of hydrogen-bond donors (Lipinski definition) is 3. The molecule has 0 fully saturated rings. The molecule has 0 bridgehead atoms. The fourth-order valence-electron chi connectivity index (χ4n) is 1.75. The molecule has 0 aromatic heterocycles. The standard InChI is InChI=1S/C14H20N2O3/c1-9(2)12(14(18)19)16-8-10-4-6-11(7-5-10)13(17)15-3/h4-7,9,12,16H,8H2,1-3H3,(H,15,17)(H,18,19). The highest BCUT2D eigenvalue weighted by atomic mass is 16.4. The summed E-state index contributed by atoms with van der Waals surface area (Å²) in [5.41, 5.74) is 1.53. The smallest absolute Gasteiger partial charge is 0.320 e. The van der Waals surface area contributed by atoms with Crippen LogP contribution in [0.5, 0.6) is 0 Å². The van der Waals surface area contributed by atoms with Crippen molar-refractivity contribution in [3.63, 3.8) is 0 Å². The SMILES string of the molecule is CNC(=O)c1ccc(CNC(C(=O)O)C(C)C)cc1. The largest absolute Gasteiger partial charge is 0.480 e. The van der Waals surface area contributed by atoms with Gasteiger partial charge in [-0.3, -0.25) is 9.59 Å². The zero-order valence-electron chi connectivity index (χ0n) is 11.4. The van der Waals surface area contributed by atoms with E-state index in [4.69, 9.17) is 5.11 Å². The van der Waals surface area contributed by atoms with Gasteiger partial charge < -0.3 is 15.7 Å². The van der Waals surface area contributed by atoms with Crippen LogP contribution in [0.2, 0.25) is 0 Å². The second kappa shape index (κ2) is 6.89. The first-order valence-electron chi connectivity index (χ1n) is 6.23. The first-order valence-corrected chi connectivity index (χ1v) is 6.23. The van der Waals surface area contributed by atoms with Gasteiger partial charge in [-0.2, -0.15) is 0 Å². The number of nitrogens with one attached hydrogen (secondary N) is 2. The van der Waals surface area contributed by atoms with Crippen LogP contribution in [0.25, 0.3) is 0 Å². The Morgan fingerprint density at radius 3 is 2.21 bits per heavy atom. The lowest BCUT2D eigenvalue weighted by molar-refractivity contribution is -0.140. The van der Waals surface area contributed by atoms with Crippen LogP contribution in [0.4, 0.5) is 0 Å². The maximum Gasteiger partial charge on any atom is 0.320 e. The van der Waals surface area contributed by atoms with Gasteiger partial charge in [-0.05, 0) is 23.6 Å². The summed E-state index contributed by atoms with van der Waals surface area (Å²) >= 11 is 0. The van der Waals surface area contributed by atoms with Gasteiger partial charge in [0.2, 0.25) is 0 Å². The van der Waals surface area contributed by atoms with Crippen LogP contribution in [-0.2, 0) is 11.3 Å². The van der Waals surface area contributed by atoms with Gasteiger partial charge in [-0.15, -0.1) is 0 Å². The van der Waals surface area contributed by atoms with Gasteiger partial charge in [0.15, 0.2) is 0 Å². The van der Waals surface area contributed by atoms with Crippen LogP contribution in [0.1, 0.15) is 29.8 Å². The van der Waals surface area contributed by atoms with Crippen LogP contribution < -0.4 is 10.6 Å². The van der Waals surface area contributed by atoms with Gasteiger partial charge >= 0.3 is 5.97 Å². The van der Waals surface area contributed by atoms with Crippen molar-refractivity contribution in [3.8, 4) is 0 Å². The summed E-state index contributed by atoms with van der Waals surface area (Å²) in [5.74, 6) is -0.968. The molecule has 3 N–H and O–H groups in total. The van der Waals surface area contributed by atoms with Crippen molar-refractivity contribution in [3.05, 3.63) is 35.4 Å². The van der Waals surface area contributed by atoms with E-state index in [1.807, 2.05) is 26.0 Å². The minimum absolute atomic E-state index is 0.0163. The van der Waals surface area contributed by atoms with E-state index in [1.54, 1.807) is 19.2 Å². The van der Waals surface area contributed by atoms with Crippen molar-refractivity contribution in [2.24, 2.45) is 5.92 Å². The van der Waals surface area contributed by atoms with Crippen LogP contribution in [0.15, 0.2) is 24.3 Å². The summed E-state index contributed by atoms with van der Waals surface area (Å²) in [5, 5.41) is 14.6. The van der Waals surface area contributed by atoms with Gasteiger partial charge in [0.25, 0.3) is 5.91 Å². The molecule has 0 saturated carbocycles. The summed E-state index contributed by atoms with van der Waals surface area (Å²) in [6.45, 7) is 4.18. The van der Waals surface area contributed by atoms with Gasteiger partial charge in [0, 0.05) is 19.2 Å². The molecule has 0 aliphatic heterocycles. The lowest BCUT2D eigenvalue weighted by atomic mass is 10.0. The lowest BCUT2D eigenvalue weighted by Gasteiger charge is -2.17. The summed E-state index contributed by atoms with van der Waals surface area (Å²) in [7, 11) is 1.58. The molecule has 0 saturated heterocycles. The Bertz CT molecular complexity index is 441. The molecule has 1 atom stereocenters. The molecular formula is C14H20N2O3. The molecule has 19 heavy (non-hydrogen) atoms. The summed E-state index contributed by atoms with van der Waals surface area (Å²) in [6, 6.07) is 6.51. The van der Waals surface area contributed by atoms with E-state index in [1.165, 1.54) is 0 Å². The summed E-state index contributed by atoms with van der Waals surface area (Å²) in [6.07, 6.45) is 0. The normalized spacial score (nSPS) is 12.2. The maximum atomic E-state index is 11.4. The highest BCUT2D eigenvalue weighted by Crippen LogP contribution is 2.07. The molecule has 1 amide bonds. The predicted octanol–water partition coefficient (Wildman–Crippen LogP) is 1.24. The Hall–Kier alpha value is -1.88. The van der Waals surface area contributed by atoms with E-state index in [-0.39, 0.29) is 11.8 Å². The van der Waals surface area contributed by atoms with Crippen LogP contribution >= 0.6 is 0 Å². The van der Waals surface area contributed by atoms with Crippen molar-refractivity contribution in [2.45, 2.75) is 26.4 Å². The van der Waals surface area contributed by atoms with Crippen molar-refractivity contribution < 1.29 is 14.7 Å². The minimum Gasteiger partial charge on any atom is -0.480 e. The van der Waals surface area contributed by atoms with E-state index in [0.717, 1.165) is 5.56 Å². The third kappa shape index (κ3) is 4.37. The highest BCUT2D eigenvalue weighted by Gasteiger charge is 2.20. The van der Waals surface area contributed by atoms with Crippen LogP contribution in [-0.4, -0.2) is 30.1 Å². The van der Waals surface area contributed by atoms with E-state index in [0.29, 0.717) is 12.1 Å². The first-order chi connectivity index (χ1) is 8.95. The fourth-order valence-corrected chi connectivity index (χ4v) is 1.75. The van der Waals surface area contributed by atoms with E-state index in [9.17, 15) is 9.59 Å². The molecule has 1 aromatic carbocycles. The molecule has 0 spiro atoms. The van der Waals surface area contributed by atoms with Gasteiger partial charge in [0.1, 0.15) is 6.04 Å². The average Bonchev–Trinajstić information content (AvgIpc) is 2.38. The molecule has 0 heterocycles. The number of aliphatic carboxylic acids is 1. The first kappa shape index (κ1) is 15.2. The van der Waals surface area contributed by atoms with E-state index in [2.05, 4.69) is 10.6 Å². The molecule has 104 valence electrons. The third-order valence-corrected chi connectivity index (χ3v) is 2.90. The second-order valence-electron chi connectivity index (χ2n) is 4.72. The zero-order chi connectivity index (χ0) is 14.4. The number of rotatable bonds is 6. The summed E-state index contributed by atoms with van der Waals surface area (Å²) in [4.78, 5) is 22.4. The Balaban J connectivity index is 2.63. The Kier molecular flexibility index (Phi) is 5.51. The molecule has 0 aliphatic rings. The quantitative estimate of drug-likeness (QED) is 0.722. The maximum absolute atomic E-state index is 11.4. The highest BCUT2D eigenvalue weighted by molar-refractivity contribution is 5.93. The van der Waals surface area contributed by atoms with E-state index < -0.39 is 12.0 Å². The molecule has 5 nitrogen and oxygen atoms in total. The van der Waals surface area contributed by atoms with Gasteiger partial charge in [-0.1, -0.05) is 26.0 Å². The van der Waals surface area contributed by atoms with Gasteiger partial charge in [-0.25, -0.2) is 0 Å². The molecule has 1 rings (SSSR count). The average molecular weight is 264 g/mol. The number of carboxylic acids is 1. The number of carboxylic acid groups (broad SMARTS) is 1. The summed E-state index contributed by atoms with van der Waals surface area (Å²) < 4.78 is 0. The molecule has 0 radical (unpaired) electrons. The van der Waals surface area contributed by atoms with Crippen LogP contribution in [0.3, 0.4) is 0 Å². The zero-order valence-corrected chi connectivity index (χ0v) is 11.4. The molecule has 1 unspecified atom stereocenters. The number of carbonyl (C=O) groups is 2. The number of benzene rings is 1. The topological polar surface area (TPSA) is 78.4 Å². The fraction of sp³-hybridized carbons (Fsp3) is 0.429. The van der Waals surface area contributed by atoms with Crippen molar-refractivity contribution in [1.29, 1.82) is 0 Å². The van der Waals surface area contributed by atoms with Crippen molar-refractivity contribution in [1.82, 2.24) is 10.6 Å². The Morgan fingerprint density at radius 2 is 1.79 bits per heavy atom. The van der Waals surface area contributed by atoms with E-state index >= 15 is 0 Å². The predicted molar refractivity (Wildman–Crippen MR) is 72.9 cm³/mol. The number of hydrogen-bond acceptors (Lipinski definition) is 3. The van der Waals surface area contributed by atoms with Crippen molar-refractivity contribution >= 4 is 11.9 Å². The number of carbonyl (C=O) groups excluding carboxylic acids is 1. The molecule has 1 aromatic rings. The van der Waals surface area contributed by atoms with Gasteiger partial charge in [0.05, 0.1) is 0 Å². The Morgan fingerprint density at radius 1 is 1.21 bits per heavy atom. The lowest BCUT2D eigenvalue weighted by Crippen LogP contribution is -2.40. The minimum atomic E-state index is -0.850. The third-order valence-electron chi connectivity index (χ3n) is 2.90.